The van der Waals surface area contributed by atoms with E-state index in [4.69, 9.17) is 15.4 Å². The van der Waals surface area contributed by atoms with Gasteiger partial charge in [-0.25, -0.2) is 13.2 Å². The average molecular weight is 414 g/mol. The smallest absolute Gasteiger partial charge is 0.338 e. The quantitative estimate of drug-likeness (QED) is 0.318. The first-order chi connectivity index (χ1) is 12.3. The van der Waals surface area contributed by atoms with E-state index in [1.54, 1.807) is 45.9 Å². The number of carbonyl (C=O) groups is 1. The van der Waals surface area contributed by atoms with Crippen LogP contribution >= 0.6 is 10.7 Å². The van der Waals surface area contributed by atoms with Crippen molar-refractivity contribution in [2.45, 2.75) is 38.2 Å². The first-order valence-electron chi connectivity index (χ1n) is 7.79. The van der Waals surface area contributed by atoms with Crippen LogP contribution in [-0.2, 0) is 13.8 Å². The molecular formula is C18H20ClNO6S. The van der Waals surface area contributed by atoms with Gasteiger partial charge < -0.3 is 4.74 Å². The van der Waals surface area contributed by atoms with Crippen molar-refractivity contribution in [3.63, 3.8) is 0 Å². The maximum Gasteiger partial charge on any atom is 0.338 e. The first kappa shape index (κ1) is 22.6. The maximum atomic E-state index is 11.7. The van der Waals surface area contributed by atoms with Crippen molar-refractivity contribution in [1.29, 1.82) is 0 Å². The van der Waals surface area contributed by atoms with Crippen LogP contribution in [-0.4, -0.2) is 24.9 Å². The van der Waals surface area contributed by atoms with Crippen LogP contribution in [0.25, 0.3) is 0 Å². The number of benzene rings is 2. The van der Waals surface area contributed by atoms with Crippen molar-refractivity contribution in [2.24, 2.45) is 0 Å². The van der Waals surface area contributed by atoms with Gasteiger partial charge in [-0.05, 0) is 52.0 Å². The molecule has 146 valence electrons. The van der Waals surface area contributed by atoms with Gasteiger partial charge in [0.1, 0.15) is 5.60 Å². The van der Waals surface area contributed by atoms with E-state index in [2.05, 4.69) is 0 Å². The van der Waals surface area contributed by atoms with Gasteiger partial charge in [-0.3, -0.25) is 10.1 Å². The van der Waals surface area contributed by atoms with E-state index in [0.717, 1.165) is 0 Å². The average Bonchev–Trinajstić information content (AvgIpc) is 2.53. The second kappa shape index (κ2) is 8.96. The SMILES string of the molecule is Cc1cc(C(=O)OC(C)(C)C)ccc1[N+](=O)[O-].O=S(=O)(Cl)c1ccccc1. The Labute approximate surface area is 162 Å². The molecule has 0 saturated carbocycles. The third-order valence-electron chi connectivity index (χ3n) is 3.05. The van der Waals surface area contributed by atoms with Gasteiger partial charge in [0, 0.05) is 22.3 Å². The van der Waals surface area contributed by atoms with Gasteiger partial charge in [0.05, 0.1) is 15.4 Å². The van der Waals surface area contributed by atoms with E-state index in [0.29, 0.717) is 11.1 Å². The zero-order valence-corrected chi connectivity index (χ0v) is 16.9. The Hall–Kier alpha value is -2.45. The number of hydrogen-bond acceptors (Lipinski definition) is 6. The molecule has 27 heavy (non-hydrogen) atoms. The summed E-state index contributed by atoms with van der Waals surface area (Å²) in [6, 6.07) is 12.0. The Kier molecular flexibility index (Phi) is 7.50. The van der Waals surface area contributed by atoms with Crippen LogP contribution in [0, 0.1) is 17.0 Å². The van der Waals surface area contributed by atoms with Gasteiger partial charge in [0.25, 0.3) is 14.7 Å². The number of hydrogen-bond donors (Lipinski definition) is 0. The Bertz CT molecular complexity index is 921. The van der Waals surface area contributed by atoms with E-state index in [1.165, 1.54) is 30.3 Å². The molecule has 0 fully saturated rings. The third-order valence-corrected chi connectivity index (χ3v) is 4.42. The molecule has 0 aliphatic carbocycles. The molecule has 0 amide bonds. The molecular weight excluding hydrogens is 394 g/mol. The molecule has 0 bridgehead atoms. The van der Waals surface area contributed by atoms with E-state index in [-0.39, 0.29) is 10.6 Å². The highest BCUT2D eigenvalue weighted by Crippen LogP contribution is 2.20. The predicted molar refractivity (Wildman–Crippen MR) is 102 cm³/mol. The number of aryl methyl sites for hydroxylation is 1. The normalized spacial score (nSPS) is 11.1. The van der Waals surface area contributed by atoms with Crippen LogP contribution in [0.2, 0.25) is 0 Å². The van der Waals surface area contributed by atoms with Crippen molar-refractivity contribution in [2.75, 3.05) is 0 Å². The minimum Gasteiger partial charge on any atom is -0.456 e. The van der Waals surface area contributed by atoms with Gasteiger partial charge in [-0.15, -0.1) is 0 Å². The van der Waals surface area contributed by atoms with Gasteiger partial charge >= 0.3 is 5.97 Å². The zero-order chi connectivity index (χ0) is 20.8. The monoisotopic (exact) mass is 413 g/mol. The molecule has 0 aliphatic rings. The number of carbonyl (C=O) groups excluding carboxylic acids is 1. The fourth-order valence-electron chi connectivity index (χ4n) is 1.91. The van der Waals surface area contributed by atoms with Gasteiger partial charge in [0.15, 0.2) is 0 Å². The van der Waals surface area contributed by atoms with Gasteiger partial charge in [-0.2, -0.15) is 0 Å². The Balaban J connectivity index is 0.000000309. The first-order valence-corrected chi connectivity index (χ1v) is 10.1. The molecule has 0 aliphatic heterocycles. The van der Waals surface area contributed by atoms with Crippen molar-refractivity contribution >= 4 is 31.4 Å². The largest absolute Gasteiger partial charge is 0.456 e. The fraction of sp³-hybridized carbons (Fsp3) is 0.278. The summed E-state index contributed by atoms with van der Waals surface area (Å²) in [6.07, 6.45) is 0. The third kappa shape index (κ3) is 7.76. The lowest BCUT2D eigenvalue weighted by Crippen LogP contribution is -2.23. The topological polar surface area (TPSA) is 104 Å². The Morgan fingerprint density at radius 1 is 1.11 bits per heavy atom. The molecule has 2 rings (SSSR count). The van der Waals surface area contributed by atoms with E-state index < -0.39 is 25.5 Å². The number of nitrogens with zero attached hydrogens (tertiary/aromatic N) is 1. The molecule has 2 aromatic rings. The number of rotatable bonds is 3. The molecule has 0 spiro atoms. The van der Waals surface area contributed by atoms with Crippen LogP contribution in [0.3, 0.4) is 0 Å². The summed E-state index contributed by atoms with van der Waals surface area (Å²) in [5.74, 6) is -0.476. The fourth-order valence-corrected chi connectivity index (χ4v) is 2.70. The molecule has 0 aromatic heterocycles. The Morgan fingerprint density at radius 3 is 2.04 bits per heavy atom. The number of nitro groups is 1. The molecule has 0 unspecified atom stereocenters. The number of ether oxygens (including phenoxy) is 1. The number of esters is 1. The summed E-state index contributed by atoms with van der Waals surface area (Å²) in [6.45, 7) is 6.89. The summed E-state index contributed by atoms with van der Waals surface area (Å²) in [5, 5.41) is 10.6. The lowest BCUT2D eigenvalue weighted by atomic mass is 10.1. The molecule has 2 aromatic carbocycles. The Morgan fingerprint density at radius 2 is 1.67 bits per heavy atom. The number of halogens is 1. The molecule has 0 N–H and O–H groups in total. The standard InChI is InChI=1S/C12H15NO4.C6H5ClO2S/c1-8-7-9(5-6-10(8)13(15)16)11(14)17-12(2,3)4;7-10(8,9)6-4-2-1-3-5-6/h5-7H,1-4H3;1-5H. The van der Waals surface area contributed by atoms with Crippen molar-refractivity contribution in [3.8, 4) is 0 Å². The summed E-state index contributed by atoms with van der Waals surface area (Å²) in [7, 11) is 1.50. The predicted octanol–water partition coefficient (Wildman–Crippen LogP) is 4.47. The molecule has 7 nitrogen and oxygen atoms in total. The molecule has 0 radical (unpaired) electrons. The van der Waals surface area contributed by atoms with Crippen LogP contribution in [0.1, 0.15) is 36.7 Å². The van der Waals surface area contributed by atoms with E-state index >= 15 is 0 Å². The van der Waals surface area contributed by atoms with Gasteiger partial charge in [0.2, 0.25) is 0 Å². The molecule has 0 heterocycles. The van der Waals surface area contributed by atoms with Crippen molar-refractivity contribution < 1.29 is 22.9 Å². The van der Waals surface area contributed by atoms with Crippen LogP contribution in [0.15, 0.2) is 53.4 Å². The highest BCUT2D eigenvalue weighted by molar-refractivity contribution is 8.13. The molecule has 0 saturated heterocycles. The molecule has 0 atom stereocenters. The maximum absolute atomic E-state index is 11.7. The summed E-state index contributed by atoms with van der Waals surface area (Å²) < 4.78 is 26.4. The van der Waals surface area contributed by atoms with Crippen LogP contribution < -0.4 is 0 Å². The summed E-state index contributed by atoms with van der Waals surface area (Å²) >= 11 is 0. The lowest BCUT2D eigenvalue weighted by molar-refractivity contribution is -0.385. The minimum atomic E-state index is -3.53. The van der Waals surface area contributed by atoms with E-state index in [9.17, 15) is 23.3 Å². The van der Waals surface area contributed by atoms with Gasteiger partial charge in [-0.1, -0.05) is 18.2 Å². The van der Waals surface area contributed by atoms with Crippen molar-refractivity contribution in [3.05, 3.63) is 69.8 Å². The van der Waals surface area contributed by atoms with E-state index in [1.807, 2.05) is 0 Å². The second-order valence-electron chi connectivity index (χ2n) is 6.51. The number of nitro benzene ring substituents is 1. The van der Waals surface area contributed by atoms with Crippen LogP contribution in [0.5, 0.6) is 0 Å². The lowest BCUT2D eigenvalue weighted by Gasteiger charge is -2.19. The highest BCUT2D eigenvalue weighted by atomic mass is 35.7. The highest BCUT2D eigenvalue weighted by Gasteiger charge is 2.19. The zero-order valence-electron chi connectivity index (χ0n) is 15.3. The minimum absolute atomic E-state index is 0.00249. The van der Waals surface area contributed by atoms with Crippen LogP contribution in [0.4, 0.5) is 5.69 Å². The van der Waals surface area contributed by atoms with Crippen molar-refractivity contribution in [1.82, 2.24) is 0 Å². The summed E-state index contributed by atoms with van der Waals surface area (Å²) in [5.41, 5.74) is 0.186. The summed E-state index contributed by atoms with van der Waals surface area (Å²) in [4.78, 5) is 22.0. The second-order valence-corrected chi connectivity index (χ2v) is 9.08. The molecule has 9 heteroatoms.